The number of hydrogen-bond acceptors (Lipinski definition) is 3. The van der Waals surface area contributed by atoms with Gasteiger partial charge in [0.25, 0.3) is 0 Å². The molecule has 0 spiro atoms. The van der Waals surface area contributed by atoms with Crippen LogP contribution in [0.4, 0.5) is 0 Å². The molecule has 0 fully saturated rings. The molecule has 0 saturated heterocycles. The first kappa shape index (κ1) is 18.1. The Balaban J connectivity index is 2.72. The molecule has 120 valence electrons. The van der Waals surface area contributed by atoms with Crippen LogP contribution >= 0.6 is 0 Å². The molecule has 2 N–H and O–H groups in total. The Kier molecular flexibility index (Phi) is 7.94. The predicted octanol–water partition coefficient (Wildman–Crippen LogP) is 2.65. The molecule has 0 heterocycles. The van der Waals surface area contributed by atoms with E-state index in [1.165, 1.54) is 5.56 Å². The van der Waals surface area contributed by atoms with E-state index < -0.39 is 0 Å². The molecule has 0 amide bonds. The third-order valence-corrected chi connectivity index (χ3v) is 3.96. The van der Waals surface area contributed by atoms with E-state index in [4.69, 9.17) is 0 Å². The van der Waals surface area contributed by atoms with Crippen LogP contribution in [0.15, 0.2) is 30.3 Å². The minimum absolute atomic E-state index is 0.0872. The Bertz CT molecular complexity index is 380. The van der Waals surface area contributed by atoms with Crippen molar-refractivity contribution >= 4 is 0 Å². The summed E-state index contributed by atoms with van der Waals surface area (Å²) in [7, 11) is 2.14. The van der Waals surface area contributed by atoms with Gasteiger partial charge in [0.2, 0.25) is 0 Å². The van der Waals surface area contributed by atoms with Gasteiger partial charge in [-0.05, 0) is 38.9 Å². The van der Waals surface area contributed by atoms with Gasteiger partial charge in [0.05, 0.1) is 6.10 Å². The first-order valence-corrected chi connectivity index (χ1v) is 8.11. The molecule has 0 radical (unpaired) electrons. The van der Waals surface area contributed by atoms with Gasteiger partial charge in [-0.3, -0.25) is 0 Å². The minimum atomic E-state index is -0.228. The molecule has 3 heteroatoms. The highest BCUT2D eigenvalue weighted by Crippen LogP contribution is 2.24. The summed E-state index contributed by atoms with van der Waals surface area (Å²) in [5.74, 6) is 0. The van der Waals surface area contributed by atoms with Crippen molar-refractivity contribution in [3.8, 4) is 0 Å². The van der Waals surface area contributed by atoms with Gasteiger partial charge in [-0.1, -0.05) is 44.2 Å². The van der Waals surface area contributed by atoms with Crippen LogP contribution in [0.3, 0.4) is 0 Å². The average Bonchev–Trinajstić information content (AvgIpc) is 2.46. The Morgan fingerprint density at radius 1 is 1.29 bits per heavy atom. The zero-order valence-electron chi connectivity index (χ0n) is 14.1. The van der Waals surface area contributed by atoms with Crippen molar-refractivity contribution in [2.75, 3.05) is 33.2 Å². The quantitative estimate of drug-likeness (QED) is 0.651. The van der Waals surface area contributed by atoms with Gasteiger partial charge >= 0.3 is 0 Å². The zero-order valence-corrected chi connectivity index (χ0v) is 14.1. The van der Waals surface area contributed by atoms with Crippen LogP contribution in [0, 0.1) is 0 Å². The van der Waals surface area contributed by atoms with Crippen molar-refractivity contribution in [2.24, 2.45) is 0 Å². The molecule has 1 aromatic carbocycles. The van der Waals surface area contributed by atoms with Gasteiger partial charge in [0.1, 0.15) is 0 Å². The van der Waals surface area contributed by atoms with E-state index in [1.54, 1.807) is 0 Å². The Morgan fingerprint density at radius 3 is 2.52 bits per heavy atom. The second kappa shape index (κ2) is 9.19. The van der Waals surface area contributed by atoms with Gasteiger partial charge < -0.3 is 15.3 Å². The summed E-state index contributed by atoms with van der Waals surface area (Å²) in [4.78, 5) is 2.33. The molecule has 0 aromatic heterocycles. The summed E-state index contributed by atoms with van der Waals surface area (Å²) < 4.78 is 0. The summed E-state index contributed by atoms with van der Waals surface area (Å²) in [6.45, 7) is 10.3. The second-order valence-corrected chi connectivity index (χ2v) is 6.48. The van der Waals surface area contributed by atoms with E-state index >= 15 is 0 Å². The topological polar surface area (TPSA) is 35.5 Å². The third kappa shape index (κ3) is 6.60. The van der Waals surface area contributed by atoms with E-state index in [1.807, 2.05) is 6.92 Å². The van der Waals surface area contributed by atoms with Crippen molar-refractivity contribution in [3.05, 3.63) is 35.9 Å². The Morgan fingerprint density at radius 2 is 1.95 bits per heavy atom. The van der Waals surface area contributed by atoms with E-state index in [-0.39, 0.29) is 11.5 Å². The first-order chi connectivity index (χ1) is 9.98. The van der Waals surface area contributed by atoms with Crippen LogP contribution in [0.2, 0.25) is 0 Å². The van der Waals surface area contributed by atoms with Gasteiger partial charge in [-0.25, -0.2) is 0 Å². The maximum absolute atomic E-state index is 9.45. The van der Waals surface area contributed by atoms with Crippen molar-refractivity contribution in [2.45, 2.75) is 45.1 Å². The Labute approximate surface area is 130 Å². The predicted molar refractivity (Wildman–Crippen MR) is 90.7 cm³/mol. The highest BCUT2D eigenvalue weighted by molar-refractivity contribution is 5.25. The maximum atomic E-state index is 9.45. The molecular weight excluding hydrogens is 260 g/mol. The van der Waals surface area contributed by atoms with Crippen LogP contribution in [-0.4, -0.2) is 49.3 Å². The van der Waals surface area contributed by atoms with E-state index in [0.29, 0.717) is 0 Å². The fourth-order valence-corrected chi connectivity index (χ4v) is 2.71. The number of nitrogens with zero attached hydrogens (tertiary/aromatic N) is 1. The molecule has 0 aliphatic heterocycles. The summed E-state index contributed by atoms with van der Waals surface area (Å²) in [5.41, 5.74) is 1.46. The maximum Gasteiger partial charge on any atom is 0.0524 e. The van der Waals surface area contributed by atoms with Crippen molar-refractivity contribution < 1.29 is 5.11 Å². The van der Waals surface area contributed by atoms with Gasteiger partial charge in [0.15, 0.2) is 0 Å². The van der Waals surface area contributed by atoms with Crippen LogP contribution in [-0.2, 0) is 5.41 Å². The van der Waals surface area contributed by atoms with Crippen LogP contribution in [0.25, 0.3) is 0 Å². The zero-order chi connectivity index (χ0) is 15.7. The number of aliphatic hydroxyl groups excluding tert-OH is 1. The molecule has 2 atom stereocenters. The molecule has 21 heavy (non-hydrogen) atoms. The van der Waals surface area contributed by atoms with Crippen molar-refractivity contribution in [1.82, 2.24) is 10.2 Å². The summed E-state index contributed by atoms with van der Waals surface area (Å²) >= 11 is 0. The summed E-state index contributed by atoms with van der Waals surface area (Å²) in [6, 6.07) is 10.7. The lowest BCUT2D eigenvalue weighted by Crippen LogP contribution is -2.45. The van der Waals surface area contributed by atoms with E-state index in [9.17, 15) is 5.11 Å². The highest BCUT2D eigenvalue weighted by atomic mass is 16.3. The smallest absolute Gasteiger partial charge is 0.0524 e. The lowest BCUT2D eigenvalue weighted by atomic mass is 9.81. The normalized spacial score (nSPS) is 15.9. The third-order valence-electron chi connectivity index (χ3n) is 3.96. The second-order valence-electron chi connectivity index (χ2n) is 6.48. The molecule has 1 aromatic rings. The number of aliphatic hydroxyl groups is 1. The summed E-state index contributed by atoms with van der Waals surface area (Å²) in [6.07, 6.45) is 1.75. The lowest BCUT2D eigenvalue weighted by Gasteiger charge is -2.35. The number of rotatable bonds is 10. The van der Waals surface area contributed by atoms with Gasteiger partial charge in [-0.2, -0.15) is 0 Å². The fraction of sp³-hybridized carbons (Fsp3) is 0.667. The van der Waals surface area contributed by atoms with Crippen LogP contribution in [0.1, 0.15) is 39.2 Å². The first-order valence-electron chi connectivity index (χ1n) is 8.11. The number of benzene rings is 1. The molecule has 0 bridgehead atoms. The van der Waals surface area contributed by atoms with Crippen molar-refractivity contribution in [1.29, 1.82) is 0 Å². The lowest BCUT2D eigenvalue weighted by molar-refractivity contribution is 0.155. The fourth-order valence-electron chi connectivity index (χ4n) is 2.71. The number of hydrogen-bond donors (Lipinski definition) is 2. The molecule has 1 rings (SSSR count). The van der Waals surface area contributed by atoms with Crippen LogP contribution in [0.5, 0.6) is 0 Å². The minimum Gasteiger partial charge on any atom is -0.393 e. The Hall–Kier alpha value is -0.900. The highest BCUT2D eigenvalue weighted by Gasteiger charge is 2.27. The largest absolute Gasteiger partial charge is 0.393 e. The van der Waals surface area contributed by atoms with Crippen LogP contribution < -0.4 is 5.32 Å². The van der Waals surface area contributed by atoms with E-state index in [2.05, 4.69) is 61.4 Å². The molecule has 0 aliphatic carbocycles. The number of likely N-dealkylation sites (N-methyl/N-ethyl adjacent to an activating group) is 1. The number of nitrogens with one attached hydrogen (secondary N) is 1. The molecule has 2 unspecified atom stereocenters. The average molecular weight is 292 g/mol. The van der Waals surface area contributed by atoms with Crippen molar-refractivity contribution in [3.63, 3.8) is 0 Å². The molecule has 0 aliphatic rings. The molecular formula is C18H32N2O. The molecule has 3 nitrogen and oxygen atoms in total. The molecule has 0 saturated carbocycles. The van der Waals surface area contributed by atoms with E-state index in [0.717, 1.165) is 39.0 Å². The standard InChI is InChI=1S/C18H32N2O/c1-5-12-19-14-18(3,17-9-7-6-8-10-17)15-20(4)13-11-16(2)21/h6-10,16,19,21H,5,11-15H2,1-4H3. The van der Waals surface area contributed by atoms with Gasteiger partial charge in [0, 0.05) is 25.0 Å². The SMILES string of the molecule is CCCNCC(C)(CN(C)CCC(C)O)c1ccccc1. The summed E-state index contributed by atoms with van der Waals surface area (Å²) in [5, 5.41) is 13.0. The van der Waals surface area contributed by atoms with Gasteiger partial charge in [-0.15, -0.1) is 0 Å². The monoisotopic (exact) mass is 292 g/mol.